The lowest BCUT2D eigenvalue weighted by atomic mass is 10.2. The number of alkyl halides is 3. The van der Waals surface area contributed by atoms with E-state index in [0.29, 0.717) is 12.1 Å². The van der Waals surface area contributed by atoms with E-state index in [-0.39, 0.29) is 4.47 Å². The summed E-state index contributed by atoms with van der Waals surface area (Å²) in [6, 6.07) is 1.27. The average molecular weight is 282 g/mol. The van der Waals surface area contributed by atoms with Crippen LogP contribution in [0.3, 0.4) is 0 Å². The largest absolute Gasteiger partial charge is 0.506 e. The third-order valence-corrected chi connectivity index (χ3v) is 2.13. The van der Waals surface area contributed by atoms with Gasteiger partial charge in [-0.3, -0.25) is 0 Å². The van der Waals surface area contributed by atoms with Crippen LogP contribution in [0.5, 0.6) is 5.75 Å². The van der Waals surface area contributed by atoms with Gasteiger partial charge in [-0.05, 0) is 33.6 Å². The van der Waals surface area contributed by atoms with Crippen molar-refractivity contribution in [3.63, 3.8) is 0 Å². The summed E-state index contributed by atoms with van der Waals surface area (Å²) < 4.78 is 36.7. The van der Waals surface area contributed by atoms with Crippen LogP contribution in [0.25, 0.3) is 10.4 Å². The second kappa shape index (κ2) is 4.00. The van der Waals surface area contributed by atoms with E-state index in [4.69, 9.17) is 5.53 Å². The molecule has 1 aromatic carbocycles. The Morgan fingerprint density at radius 2 is 2.00 bits per heavy atom. The lowest BCUT2D eigenvalue weighted by Crippen LogP contribution is -2.04. The number of aromatic hydroxyl groups is 1. The molecule has 8 heteroatoms. The van der Waals surface area contributed by atoms with Crippen LogP contribution in [0.1, 0.15) is 5.56 Å². The molecule has 0 fully saturated rings. The van der Waals surface area contributed by atoms with Crippen LogP contribution in [0, 0.1) is 0 Å². The standard InChI is InChI=1S/C7H3BrF3N3O/c8-4-1-3(7(9,10)11)2-5(6(4)15)13-14-12/h1-2,15H. The van der Waals surface area contributed by atoms with Gasteiger partial charge < -0.3 is 5.11 Å². The molecule has 0 atom stereocenters. The molecule has 1 aromatic rings. The van der Waals surface area contributed by atoms with E-state index in [1.165, 1.54) is 0 Å². The van der Waals surface area contributed by atoms with Crippen molar-refractivity contribution in [1.82, 2.24) is 0 Å². The van der Waals surface area contributed by atoms with Crippen molar-refractivity contribution in [2.75, 3.05) is 0 Å². The van der Waals surface area contributed by atoms with E-state index in [0.717, 1.165) is 0 Å². The topological polar surface area (TPSA) is 69.0 Å². The number of phenolic OH excluding ortho intramolecular Hbond substituents is 1. The molecule has 0 aliphatic rings. The minimum atomic E-state index is -4.56. The smallest absolute Gasteiger partial charge is 0.416 e. The first kappa shape index (κ1) is 11.7. The highest BCUT2D eigenvalue weighted by Crippen LogP contribution is 2.40. The SMILES string of the molecule is [N-]=[N+]=Nc1cc(C(F)(F)F)cc(Br)c1O. The number of hydrogen-bond donors (Lipinski definition) is 1. The molecule has 0 radical (unpaired) electrons. The fourth-order valence-corrected chi connectivity index (χ4v) is 1.32. The van der Waals surface area contributed by atoms with E-state index in [1.807, 2.05) is 0 Å². The normalized spacial score (nSPS) is 10.9. The van der Waals surface area contributed by atoms with Gasteiger partial charge in [-0.15, -0.1) is 0 Å². The maximum Gasteiger partial charge on any atom is 0.416 e. The lowest BCUT2D eigenvalue weighted by molar-refractivity contribution is -0.137. The Hall–Kier alpha value is -1.40. The molecular formula is C7H3BrF3N3O. The third kappa shape index (κ3) is 2.54. The second-order valence-electron chi connectivity index (χ2n) is 2.51. The lowest BCUT2D eigenvalue weighted by Gasteiger charge is -2.09. The van der Waals surface area contributed by atoms with Crippen molar-refractivity contribution in [1.29, 1.82) is 0 Å². The molecule has 80 valence electrons. The first-order chi connectivity index (χ1) is 6.86. The average Bonchev–Trinajstić information content (AvgIpc) is 2.11. The van der Waals surface area contributed by atoms with Crippen molar-refractivity contribution in [2.24, 2.45) is 5.11 Å². The number of halogens is 4. The number of benzene rings is 1. The van der Waals surface area contributed by atoms with Gasteiger partial charge in [-0.1, -0.05) is 5.11 Å². The van der Waals surface area contributed by atoms with Gasteiger partial charge in [0.25, 0.3) is 0 Å². The van der Waals surface area contributed by atoms with E-state index in [9.17, 15) is 18.3 Å². The quantitative estimate of drug-likeness (QED) is 0.470. The molecule has 0 saturated carbocycles. The number of rotatable bonds is 1. The summed E-state index contributed by atoms with van der Waals surface area (Å²) in [6.45, 7) is 0. The molecule has 0 unspecified atom stereocenters. The van der Waals surface area contributed by atoms with Crippen molar-refractivity contribution >= 4 is 21.6 Å². The molecule has 0 amide bonds. The van der Waals surface area contributed by atoms with E-state index < -0.39 is 23.2 Å². The maximum atomic E-state index is 12.3. The third-order valence-electron chi connectivity index (χ3n) is 1.52. The Kier molecular flexibility index (Phi) is 3.11. The van der Waals surface area contributed by atoms with Crippen LogP contribution in [0.4, 0.5) is 18.9 Å². The van der Waals surface area contributed by atoms with Crippen molar-refractivity contribution < 1.29 is 18.3 Å². The zero-order valence-corrected chi connectivity index (χ0v) is 8.54. The fourth-order valence-electron chi connectivity index (χ4n) is 0.873. The summed E-state index contributed by atoms with van der Waals surface area (Å²) in [5, 5.41) is 12.2. The highest BCUT2D eigenvalue weighted by Gasteiger charge is 2.31. The van der Waals surface area contributed by atoms with Gasteiger partial charge in [0.15, 0.2) is 0 Å². The molecule has 0 spiro atoms. The van der Waals surface area contributed by atoms with Gasteiger partial charge in [0.05, 0.1) is 15.7 Å². The first-order valence-corrected chi connectivity index (χ1v) is 4.30. The number of hydrogen-bond acceptors (Lipinski definition) is 2. The number of nitrogens with zero attached hydrogens (tertiary/aromatic N) is 3. The Balaban J connectivity index is 3.42. The minimum Gasteiger partial charge on any atom is -0.506 e. The molecule has 0 aliphatic carbocycles. The Morgan fingerprint density at radius 1 is 1.40 bits per heavy atom. The van der Waals surface area contributed by atoms with Crippen LogP contribution in [-0.2, 0) is 6.18 Å². The molecule has 0 saturated heterocycles. The van der Waals surface area contributed by atoms with E-state index >= 15 is 0 Å². The van der Waals surface area contributed by atoms with Gasteiger partial charge in [0.1, 0.15) is 5.75 Å². The van der Waals surface area contributed by atoms with Gasteiger partial charge in [0, 0.05) is 4.91 Å². The van der Waals surface area contributed by atoms with Crippen LogP contribution in [0.2, 0.25) is 0 Å². The van der Waals surface area contributed by atoms with Crippen LogP contribution in [0.15, 0.2) is 21.7 Å². The zero-order valence-electron chi connectivity index (χ0n) is 6.96. The molecule has 4 nitrogen and oxygen atoms in total. The van der Waals surface area contributed by atoms with E-state index in [2.05, 4.69) is 26.0 Å². The Morgan fingerprint density at radius 3 is 2.47 bits per heavy atom. The summed E-state index contributed by atoms with van der Waals surface area (Å²) in [5.74, 6) is -0.527. The first-order valence-electron chi connectivity index (χ1n) is 3.51. The molecule has 0 aliphatic heterocycles. The molecule has 0 bridgehead atoms. The molecule has 0 heterocycles. The summed E-state index contributed by atoms with van der Waals surface area (Å²) in [7, 11) is 0. The Bertz CT molecular complexity index is 440. The van der Waals surface area contributed by atoms with Gasteiger partial charge in [-0.2, -0.15) is 13.2 Å². The molecule has 1 rings (SSSR count). The maximum absolute atomic E-state index is 12.3. The van der Waals surface area contributed by atoms with Gasteiger partial charge in [0.2, 0.25) is 0 Å². The summed E-state index contributed by atoms with van der Waals surface area (Å²) in [6.07, 6.45) is -4.56. The highest BCUT2D eigenvalue weighted by molar-refractivity contribution is 9.10. The fraction of sp³-hybridized carbons (Fsp3) is 0.143. The van der Waals surface area contributed by atoms with Gasteiger partial charge in [-0.25, -0.2) is 0 Å². The Labute approximate surface area is 90.1 Å². The van der Waals surface area contributed by atoms with Crippen molar-refractivity contribution in [2.45, 2.75) is 6.18 Å². The van der Waals surface area contributed by atoms with E-state index in [1.54, 1.807) is 0 Å². The number of phenols is 1. The minimum absolute atomic E-state index is 0.181. The van der Waals surface area contributed by atoms with Crippen LogP contribution < -0.4 is 0 Å². The van der Waals surface area contributed by atoms with Gasteiger partial charge >= 0.3 is 6.18 Å². The molecular weight excluding hydrogens is 279 g/mol. The summed E-state index contributed by atoms with van der Waals surface area (Å²) >= 11 is 2.73. The highest BCUT2D eigenvalue weighted by atomic mass is 79.9. The molecule has 15 heavy (non-hydrogen) atoms. The molecule has 0 aromatic heterocycles. The monoisotopic (exact) mass is 281 g/mol. The summed E-state index contributed by atoms with van der Waals surface area (Å²) in [4.78, 5) is 2.31. The molecule has 1 N–H and O–H groups in total. The predicted molar refractivity (Wildman–Crippen MR) is 49.6 cm³/mol. The predicted octanol–water partition coefficient (Wildman–Crippen LogP) is 4.12. The second-order valence-corrected chi connectivity index (χ2v) is 3.37. The van der Waals surface area contributed by atoms with Crippen molar-refractivity contribution in [3.8, 4) is 5.75 Å². The number of azide groups is 1. The van der Waals surface area contributed by atoms with Crippen molar-refractivity contribution in [3.05, 3.63) is 32.6 Å². The van der Waals surface area contributed by atoms with Crippen LogP contribution in [-0.4, -0.2) is 5.11 Å². The zero-order chi connectivity index (χ0) is 11.6. The summed E-state index contributed by atoms with van der Waals surface area (Å²) in [5.41, 5.74) is 6.60. The van der Waals surface area contributed by atoms with Crippen LogP contribution >= 0.6 is 15.9 Å².